The lowest BCUT2D eigenvalue weighted by molar-refractivity contribution is 1.15. The largest absolute Gasteiger partial charge is 0.0610 e. The zero-order chi connectivity index (χ0) is 12.4. The van der Waals surface area contributed by atoms with E-state index in [1.807, 2.05) is 0 Å². The number of hydrogen-bond acceptors (Lipinski definition) is 0. The fourth-order valence-corrected chi connectivity index (χ4v) is 3.51. The number of rotatable bonds is 1. The third kappa shape index (κ3) is 1.24. The average Bonchev–Trinajstić information content (AvgIpc) is 3.29. The van der Waals surface area contributed by atoms with E-state index in [4.69, 9.17) is 0 Å². The van der Waals surface area contributed by atoms with Crippen LogP contribution in [0.4, 0.5) is 0 Å². The van der Waals surface area contributed by atoms with Crippen LogP contribution in [0.25, 0.3) is 32.3 Å². The van der Waals surface area contributed by atoms with Crippen molar-refractivity contribution in [2.24, 2.45) is 0 Å². The molecule has 90 valence electrons. The Morgan fingerprint density at radius 1 is 0.632 bits per heavy atom. The normalized spacial score (nSPS) is 15.8. The Morgan fingerprint density at radius 2 is 1.26 bits per heavy atom. The van der Waals surface area contributed by atoms with Gasteiger partial charge in [0, 0.05) is 0 Å². The molecular formula is C19H14. The van der Waals surface area contributed by atoms with E-state index in [2.05, 4.69) is 54.6 Å². The van der Waals surface area contributed by atoms with Gasteiger partial charge in [-0.15, -0.1) is 0 Å². The predicted octanol–water partition coefficient (Wildman–Crippen LogP) is 5.46. The van der Waals surface area contributed by atoms with E-state index >= 15 is 0 Å². The van der Waals surface area contributed by atoms with E-state index in [1.165, 1.54) is 45.2 Å². The van der Waals surface area contributed by atoms with Crippen LogP contribution in [0.1, 0.15) is 24.3 Å². The molecule has 0 aromatic heterocycles. The molecule has 1 aliphatic carbocycles. The summed E-state index contributed by atoms with van der Waals surface area (Å²) in [6, 6.07) is 20.4. The Kier molecular flexibility index (Phi) is 1.69. The van der Waals surface area contributed by atoms with Crippen molar-refractivity contribution in [3.05, 3.63) is 60.2 Å². The molecule has 0 amide bonds. The molecule has 0 N–H and O–H groups in total. The standard InChI is InChI=1S/C19H14/c1-2-13-6-7-15-8-10-16(12-4-5-12)17-11-9-14(3-1)18(13)19(15)17/h1-3,6-12H,4-5H2. The SMILES string of the molecule is c1cc2ccc3ccc(C4CC4)c4ccc(c1)c2c34. The highest BCUT2D eigenvalue weighted by atomic mass is 14.3. The van der Waals surface area contributed by atoms with Crippen molar-refractivity contribution in [3.8, 4) is 0 Å². The first-order valence-electron chi connectivity index (χ1n) is 7.08. The lowest BCUT2D eigenvalue weighted by Crippen LogP contribution is -1.88. The van der Waals surface area contributed by atoms with Gasteiger partial charge in [-0.2, -0.15) is 0 Å². The second kappa shape index (κ2) is 3.27. The molecule has 0 radical (unpaired) electrons. The summed E-state index contributed by atoms with van der Waals surface area (Å²) in [5.74, 6) is 0.810. The van der Waals surface area contributed by atoms with E-state index in [9.17, 15) is 0 Å². The second-order valence-electron chi connectivity index (χ2n) is 5.79. The molecular weight excluding hydrogens is 228 g/mol. The molecule has 0 spiro atoms. The monoisotopic (exact) mass is 242 g/mol. The van der Waals surface area contributed by atoms with Crippen LogP contribution in [-0.4, -0.2) is 0 Å². The molecule has 19 heavy (non-hydrogen) atoms. The first-order chi connectivity index (χ1) is 9.42. The molecule has 0 heteroatoms. The fourth-order valence-electron chi connectivity index (χ4n) is 3.51. The molecule has 0 nitrogen and oxygen atoms in total. The highest BCUT2D eigenvalue weighted by Crippen LogP contribution is 2.45. The molecule has 0 aliphatic heterocycles. The molecule has 1 fully saturated rings. The van der Waals surface area contributed by atoms with Crippen molar-refractivity contribution in [1.82, 2.24) is 0 Å². The van der Waals surface area contributed by atoms with Gasteiger partial charge >= 0.3 is 0 Å². The van der Waals surface area contributed by atoms with Gasteiger partial charge in [0.2, 0.25) is 0 Å². The topological polar surface area (TPSA) is 0 Å². The lowest BCUT2D eigenvalue weighted by Gasteiger charge is -2.13. The summed E-state index contributed by atoms with van der Waals surface area (Å²) in [6.45, 7) is 0. The van der Waals surface area contributed by atoms with E-state index in [0.29, 0.717) is 0 Å². The molecule has 4 aromatic carbocycles. The Labute approximate surface area is 112 Å². The summed E-state index contributed by atoms with van der Waals surface area (Å²) in [6.07, 6.45) is 2.73. The fraction of sp³-hybridized carbons (Fsp3) is 0.158. The molecule has 0 saturated heterocycles. The van der Waals surface area contributed by atoms with Crippen LogP contribution in [0.5, 0.6) is 0 Å². The quantitative estimate of drug-likeness (QED) is 0.389. The van der Waals surface area contributed by atoms with Crippen molar-refractivity contribution >= 4 is 32.3 Å². The first-order valence-corrected chi connectivity index (χ1v) is 7.08. The van der Waals surface area contributed by atoms with Gasteiger partial charge in [-0.1, -0.05) is 54.6 Å². The van der Waals surface area contributed by atoms with E-state index in [0.717, 1.165) is 5.92 Å². The summed E-state index contributed by atoms with van der Waals surface area (Å²) in [7, 11) is 0. The van der Waals surface area contributed by atoms with Gasteiger partial charge < -0.3 is 0 Å². The Morgan fingerprint density at radius 3 is 2.00 bits per heavy atom. The Hall–Kier alpha value is -2.08. The predicted molar refractivity (Wildman–Crippen MR) is 82.1 cm³/mol. The molecule has 0 unspecified atom stereocenters. The summed E-state index contributed by atoms with van der Waals surface area (Å²) in [4.78, 5) is 0. The zero-order valence-electron chi connectivity index (χ0n) is 10.7. The molecule has 0 heterocycles. The number of benzene rings is 4. The third-order valence-corrected chi connectivity index (χ3v) is 4.58. The Bertz CT molecular complexity index is 897. The van der Waals surface area contributed by atoms with Crippen LogP contribution in [0, 0.1) is 0 Å². The van der Waals surface area contributed by atoms with Crippen LogP contribution in [0.2, 0.25) is 0 Å². The maximum atomic E-state index is 2.35. The van der Waals surface area contributed by atoms with Crippen LogP contribution in [-0.2, 0) is 0 Å². The van der Waals surface area contributed by atoms with Crippen molar-refractivity contribution in [1.29, 1.82) is 0 Å². The maximum absolute atomic E-state index is 2.35. The molecule has 1 saturated carbocycles. The smallest absolute Gasteiger partial charge is 0.00239 e. The molecule has 4 aromatic rings. The van der Waals surface area contributed by atoms with Crippen LogP contribution >= 0.6 is 0 Å². The van der Waals surface area contributed by atoms with E-state index in [1.54, 1.807) is 5.56 Å². The number of hydrogen-bond donors (Lipinski definition) is 0. The molecule has 0 bridgehead atoms. The van der Waals surface area contributed by atoms with E-state index in [-0.39, 0.29) is 0 Å². The van der Waals surface area contributed by atoms with Crippen molar-refractivity contribution < 1.29 is 0 Å². The summed E-state index contributed by atoms with van der Waals surface area (Å²) in [5.41, 5.74) is 1.56. The second-order valence-corrected chi connectivity index (χ2v) is 5.79. The van der Waals surface area contributed by atoms with E-state index < -0.39 is 0 Å². The third-order valence-electron chi connectivity index (χ3n) is 4.58. The van der Waals surface area contributed by atoms with Gasteiger partial charge in [0.15, 0.2) is 0 Å². The molecule has 5 rings (SSSR count). The van der Waals surface area contributed by atoms with Crippen molar-refractivity contribution in [2.75, 3.05) is 0 Å². The van der Waals surface area contributed by atoms with Crippen LogP contribution in [0.15, 0.2) is 54.6 Å². The molecule has 1 aliphatic rings. The minimum atomic E-state index is 0.810. The van der Waals surface area contributed by atoms with Crippen LogP contribution in [0.3, 0.4) is 0 Å². The maximum Gasteiger partial charge on any atom is -0.00239 e. The van der Waals surface area contributed by atoms with Gasteiger partial charge in [0.25, 0.3) is 0 Å². The van der Waals surface area contributed by atoms with Crippen LogP contribution < -0.4 is 0 Å². The van der Waals surface area contributed by atoms with Gasteiger partial charge in [0.1, 0.15) is 0 Å². The summed E-state index contributed by atoms with van der Waals surface area (Å²) >= 11 is 0. The highest BCUT2D eigenvalue weighted by molar-refractivity contribution is 6.23. The minimum Gasteiger partial charge on any atom is -0.0610 e. The zero-order valence-corrected chi connectivity index (χ0v) is 10.7. The Balaban J connectivity index is 2.10. The first kappa shape index (κ1) is 9.80. The van der Waals surface area contributed by atoms with Gasteiger partial charge in [-0.05, 0) is 56.6 Å². The minimum absolute atomic E-state index is 0.810. The average molecular weight is 242 g/mol. The summed E-state index contributed by atoms with van der Waals surface area (Å²) in [5, 5.41) is 8.50. The highest BCUT2D eigenvalue weighted by Gasteiger charge is 2.25. The van der Waals surface area contributed by atoms with Crippen molar-refractivity contribution in [2.45, 2.75) is 18.8 Å². The van der Waals surface area contributed by atoms with Crippen molar-refractivity contribution in [3.63, 3.8) is 0 Å². The van der Waals surface area contributed by atoms with Gasteiger partial charge in [-0.3, -0.25) is 0 Å². The molecule has 0 atom stereocenters. The van der Waals surface area contributed by atoms with Gasteiger partial charge in [-0.25, -0.2) is 0 Å². The lowest BCUT2D eigenvalue weighted by atomic mass is 9.91. The summed E-state index contributed by atoms with van der Waals surface area (Å²) < 4.78 is 0. The van der Waals surface area contributed by atoms with Gasteiger partial charge in [0.05, 0.1) is 0 Å².